The maximum absolute atomic E-state index is 12.8. The lowest BCUT2D eigenvalue weighted by atomic mass is 10.0. The highest BCUT2D eigenvalue weighted by molar-refractivity contribution is 5.94. The van der Waals surface area contributed by atoms with Gasteiger partial charge in [-0.1, -0.05) is 13.8 Å². The number of carboxylic acids is 1. The van der Waals surface area contributed by atoms with Crippen LogP contribution in [-0.2, 0) is 24.0 Å². The Bertz CT molecular complexity index is 753. The van der Waals surface area contributed by atoms with Crippen molar-refractivity contribution in [1.82, 2.24) is 16.0 Å². The Labute approximate surface area is 198 Å². The van der Waals surface area contributed by atoms with Gasteiger partial charge in [-0.25, -0.2) is 4.79 Å². The Balaban J connectivity index is 5.01. The Morgan fingerprint density at radius 3 is 1.94 bits per heavy atom. The molecule has 0 aliphatic carbocycles. The molecule has 14 heteroatoms. The van der Waals surface area contributed by atoms with Gasteiger partial charge in [0.2, 0.25) is 23.6 Å². The molecule has 0 aromatic heterocycles. The highest BCUT2D eigenvalue weighted by Crippen LogP contribution is 2.07. The lowest BCUT2D eigenvalue weighted by Gasteiger charge is -2.24. The molecule has 14 nitrogen and oxygen atoms in total. The zero-order chi connectivity index (χ0) is 26.4. The predicted octanol–water partition coefficient (Wildman–Crippen LogP) is -2.76. The summed E-state index contributed by atoms with van der Waals surface area (Å²) >= 11 is 0. The molecule has 0 aromatic rings. The average Bonchev–Trinajstić information content (AvgIpc) is 2.72. The molecule has 4 unspecified atom stereocenters. The van der Waals surface area contributed by atoms with Crippen LogP contribution in [0.25, 0.3) is 0 Å². The maximum atomic E-state index is 12.8. The van der Waals surface area contributed by atoms with Crippen LogP contribution < -0.4 is 38.9 Å². The van der Waals surface area contributed by atoms with Crippen molar-refractivity contribution in [3.05, 3.63) is 0 Å². The molecule has 0 saturated heterocycles. The summed E-state index contributed by atoms with van der Waals surface area (Å²) in [6.07, 6.45) is 0.615. The number of carboxylic acid groups (broad SMARTS) is 1. The summed E-state index contributed by atoms with van der Waals surface area (Å²) in [6, 6.07) is -4.30. The number of aliphatic carboxylic acids is 1. The molecule has 4 amide bonds. The summed E-state index contributed by atoms with van der Waals surface area (Å²) in [4.78, 5) is 63.6. The second-order valence-corrected chi connectivity index (χ2v) is 8.38. The van der Waals surface area contributed by atoms with Crippen molar-refractivity contribution in [3.63, 3.8) is 0 Å². The molecule has 0 radical (unpaired) electrons. The molecule has 194 valence electrons. The van der Waals surface area contributed by atoms with Crippen molar-refractivity contribution >= 4 is 35.6 Å². The van der Waals surface area contributed by atoms with E-state index in [0.29, 0.717) is 19.4 Å². The van der Waals surface area contributed by atoms with Gasteiger partial charge in [-0.05, 0) is 38.5 Å². The van der Waals surface area contributed by atoms with E-state index in [0.717, 1.165) is 0 Å². The largest absolute Gasteiger partial charge is 0.480 e. The van der Waals surface area contributed by atoms with E-state index >= 15 is 0 Å². The van der Waals surface area contributed by atoms with Crippen LogP contribution >= 0.6 is 0 Å². The summed E-state index contributed by atoms with van der Waals surface area (Å²) in [6.45, 7) is 5.38. The zero-order valence-electron chi connectivity index (χ0n) is 19.9. The van der Waals surface area contributed by atoms with Gasteiger partial charge in [-0.3, -0.25) is 24.2 Å². The maximum Gasteiger partial charge on any atom is 0.326 e. The third-order valence-corrected chi connectivity index (χ3v) is 4.69. The van der Waals surface area contributed by atoms with Crippen LogP contribution in [0.2, 0.25) is 0 Å². The zero-order valence-corrected chi connectivity index (χ0v) is 19.9. The highest BCUT2D eigenvalue weighted by Gasteiger charge is 2.28. The summed E-state index contributed by atoms with van der Waals surface area (Å²) in [5.74, 6) is -4.01. The quantitative estimate of drug-likeness (QED) is 0.0637. The highest BCUT2D eigenvalue weighted by atomic mass is 16.4. The van der Waals surface area contributed by atoms with Crippen LogP contribution in [0.1, 0.15) is 52.9 Å². The number of nitrogens with one attached hydrogen (secondary N) is 3. The normalized spacial score (nSPS) is 14.3. The number of amides is 4. The molecule has 12 N–H and O–H groups in total. The fourth-order valence-electron chi connectivity index (χ4n) is 2.85. The van der Waals surface area contributed by atoms with Crippen LogP contribution in [-0.4, -0.2) is 71.4 Å². The van der Waals surface area contributed by atoms with Crippen molar-refractivity contribution in [2.75, 3.05) is 6.54 Å². The van der Waals surface area contributed by atoms with E-state index in [1.54, 1.807) is 0 Å². The van der Waals surface area contributed by atoms with Gasteiger partial charge in [0, 0.05) is 13.0 Å². The molecule has 0 spiro atoms. The number of guanidine groups is 1. The topological polar surface area (TPSA) is 258 Å². The molecule has 0 aliphatic rings. The first kappa shape index (κ1) is 30.6. The minimum Gasteiger partial charge on any atom is -0.480 e. The fraction of sp³-hybridized carbons (Fsp3) is 0.700. The van der Waals surface area contributed by atoms with Gasteiger partial charge >= 0.3 is 5.97 Å². The van der Waals surface area contributed by atoms with Gasteiger partial charge in [0.05, 0.1) is 6.04 Å². The molecule has 0 saturated carbocycles. The lowest BCUT2D eigenvalue weighted by molar-refractivity contribution is -0.142. The van der Waals surface area contributed by atoms with E-state index in [9.17, 15) is 29.1 Å². The van der Waals surface area contributed by atoms with Gasteiger partial charge in [-0.2, -0.15) is 0 Å². The Hall–Kier alpha value is -3.42. The van der Waals surface area contributed by atoms with Crippen molar-refractivity contribution < 1.29 is 29.1 Å². The average molecular weight is 487 g/mol. The summed E-state index contributed by atoms with van der Waals surface area (Å²) in [7, 11) is 0. The first-order valence-corrected chi connectivity index (χ1v) is 11.0. The Morgan fingerprint density at radius 1 is 0.853 bits per heavy atom. The third-order valence-electron chi connectivity index (χ3n) is 4.69. The molecule has 0 bridgehead atoms. The molecule has 0 fully saturated rings. The van der Waals surface area contributed by atoms with E-state index in [4.69, 9.17) is 22.9 Å². The number of hydrogen-bond donors (Lipinski definition) is 8. The van der Waals surface area contributed by atoms with Crippen LogP contribution in [0.15, 0.2) is 4.99 Å². The second-order valence-electron chi connectivity index (χ2n) is 8.38. The molecule has 0 heterocycles. The van der Waals surface area contributed by atoms with Gasteiger partial charge in [0.1, 0.15) is 18.1 Å². The predicted molar refractivity (Wildman–Crippen MR) is 125 cm³/mol. The number of carbonyl (C=O) groups excluding carboxylic acids is 4. The molecule has 34 heavy (non-hydrogen) atoms. The van der Waals surface area contributed by atoms with Gasteiger partial charge < -0.3 is 44.0 Å². The van der Waals surface area contributed by atoms with Crippen molar-refractivity contribution in [1.29, 1.82) is 0 Å². The van der Waals surface area contributed by atoms with Crippen LogP contribution in [0, 0.1) is 5.92 Å². The molecule has 4 atom stereocenters. The Kier molecular flexibility index (Phi) is 13.9. The fourth-order valence-corrected chi connectivity index (χ4v) is 2.85. The minimum absolute atomic E-state index is 0.0310. The first-order valence-electron chi connectivity index (χ1n) is 11.0. The molecular weight excluding hydrogens is 448 g/mol. The monoisotopic (exact) mass is 486 g/mol. The van der Waals surface area contributed by atoms with Crippen molar-refractivity contribution in [3.8, 4) is 0 Å². The van der Waals surface area contributed by atoms with Crippen LogP contribution in [0.4, 0.5) is 0 Å². The Morgan fingerprint density at radius 2 is 1.44 bits per heavy atom. The number of rotatable bonds is 16. The number of nitrogens with two attached hydrogens (primary N) is 4. The smallest absolute Gasteiger partial charge is 0.326 e. The summed E-state index contributed by atoms with van der Waals surface area (Å²) in [5.41, 5.74) is 21.4. The summed E-state index contributed by atoms with van der Waals surface area (Å²) < 4.78 is 0. The molecule has 0 rings (SSSR count). The summed E-state index contributed by atoms with van der Waals surface area (Å²) in [5, 5.41) is 16.5. The van der Waals surface area contributed by atoms with Gasteiger partial charge in [0.25, 0.3) is 0 Å². The van der Waals surface area contributed by atoms with E-state index in [1.165, 1.54) is 6.92 Å². The lowest BCUT2D eigenvalue weighted by Crippen LogP contribution is -2.56. The van der Waals surface area contributed by atoms with Gasteiger partial charge in [-0.15, -0.1) is 0 Å². The first-order chi connectivity index (χ1) is 15.7. The number of primary amides is 1. The van der Waals surface area contributed by atoms with Crippen LogP contribution in [0.3, 0.4) is 0 Å². The molecule has 0 aromatic carbocycles. The van der Waals surface area contributed by atoms with E-state index < -0.39 is 53.8 Å². The molecular formula is C20H38N8O6. The second kappa shape index (κ2) is 15.4. The van der Waals surface area contributed by atoms with Crippen molar-refractivity contribution in [2.24, 2.45) is 33.8 Å². The number of nitrogens with zero attached hydrogens (tertiary/aromatic N) is 1. The third kappa shape index (κ3) is 13.2. The minimum atomic E-state index is -1.34. The van der Waals surface area contributed by atoms with Gasteiger partial charge in [0.15, 0.2) is 5.96 Å². The van der Waals surface area contributed by atoms with E-state index in [2.05, 4.69) is 20.9 Å². The van der Waals surface area contributed by atoms with Crippen LogP contribution in [0.5, 0.6) is 0 Å². The standard InChI is InChI=1S/C20H38N8O6/c1-10(2)9-14(28-17(31)12(21)5-4-8-25-20(23)24)18(32)26-11(3)16(30)27-13(19(33)34)6-7-15(22)29/h10-14H,4-9,21H2,1-3H3,(H2,22,29)(H,26,32)(H,27,30)(H,28,31)(H,33,34)(H4,23,24,25). The van der Waals surface area contributed by atoms with Crippen molar-refractivity contribution in [2.45, 2.75) is 77.0 Å². The number of aliphatic imine (C=N–C) groups is 1. The number of carbonyl (C=O) groups is 5. The van der Waals surface area contributed by atoms with E-state index in [-0.39, 0.29) is 31.1 Å². The van der Waals surface area contributed by atoms with E-state index in [1.807, 2.05) is 13.8 Å². The SMILES string of the molecule is CC(C)CC(NC(=O)C(N)CCCN=C(N)N)C(=O)NC(C)C(=O)NC(CCC(N)=O)C(=O)O. The molecule has 0 aliphatic heterocycles. The number of hydrogen-bond acceptors (Lipinski definition) is 7.